The third-order valence-electron chi connectivity index (χ3n) is 4.85. The molecule has 2 aliphatic rings. The van der Waals surface area contributed by atoms with Gasteiger partial charge in [0.15, 0.2) is 0 Å². The number of nitrogens with zero attached hydrogens (tertiary/aromatic N) is 4. The summed E-state index contributed by atoms with van der Waals surface area (Å²) in [6, 6.07) is 1.44. The number of anilines is 2. The molecule has 3 rings (SSSR count). The summed E-state index contributed by atoms with van der Waals surface area (Å²) in [5, 5.41) is 3.33. The number of nitrogens with one attached hydrogen (secondary N) is 1. The lowest BCUT2D eigenvalue weighted by molar-refractivity contribution is 0.254. The van der Waals surface area contributed by atoms with Gasteiger partial charge in [0.1, 0.15) is 18.0 Å². The Labute approximate surface area is 121 Å². The monoisotopic (exact) mass is 275 g/mol. The molecule has 5 nitrogen and oxygen atoms in total. The molecule has 2 unspecified atom stereocenters. The summed E-state index contributed by atoms with van der Waals surface area (Å²) in [4.78, 5) is 13.9. The van der Waals surface area contributed by atoms with E-state index in [0.717, 1.165) is 37.3 Å². The zero-order valence-electron chi connectivity index (χ0n) is 12.8. The largest absolute Gasteiger partial charge is 0.370 e. The minimum atomic E-state index is 0.680. The lowest BCUT2D eigenvalue weighted by Gasteiger charge is -2.28. The topological polar surface area (TPSA) is 44.3 Å². The van der Waals surface area contributed by atoms with Crippen molar-refractivity contribution in [2.45, 2.75) is 45.2 Å². The predicted molar refractivity (Wildman–Crippen MR) is 82.3 cm³/mol. The third-order valence-corrected chi connectivity index (χ3v) is 4.85. The Bertz CT molecular complexity index is 475. The molecular formula is C15H25N5. The highest BCUT2D eigenvalue weighted by atomic mass is 15.3. The molecule has 1 aromatic rings. The van der Waals surface area contributed by atoms with Crippen molar-refractivity contribution < 1.29 is 0 Å². The summed E-state index contributed by atoms with van der Waals surface area (Å²) < 4.78 is 0. The van der Waals surface area contributed by atoms with Crippen LogP contribution in [0.4, 0.5) is 11.6 Å². The Hall–Kier alpha value is -1.36. The molecule has 2 fully saturated rings. The van der Waals surface area contributed by atoms with Crippen LogP contribution in [-0.2, 0) is 0 Å². The first-order valence-electron chi connectivity index (χ1n) is 7.73. The molecule has 1 N–H and O–H groups in total. The van der Waals surface area contributed by atoms with Gasteiger partial charge in [-0.25, -0.2) is 9.97 Å². The molecule has 20 heavy (non-hydrogen) atoms. The van der Waals surface area contributed by atoms with Crippen LogP contribution in [0.3, 0.4) is 0 Å². The summed E-state index contributed by atoms with van der Waals surface area (Å²) in [5.41, 5.74) is 1.18. The van der Waals surface area contributed by atoms with Crippen LogP contribution in [-0.4, -0.2) is 53.6 Å². The van der Waals surface area contributed by atoms with Gasteiger partial charge in [-0.3, -0.25) is 4.90 Å². The van der Waals surface area contributed by atoms with Gasteiger partial charge in [0, 0.05) is 37.3 Å². The van der Waals surface area contributed by atoms with E-state index >= 15 is 0 Å². The number of aromatic nitrogens is 2. The van der Waals surface area contributed by atoms with Gasteiger partial charge in [0.05, 0.1) is 0 Å². The summed E-state index contributed by atoms with van der Waals surface area (Å²) >= 11 is 0. The average Bonchev–Trinajstić information content (AvgIpc) is 2.67. The standard InChI is InChI=1S/C15H25N5/c1-4-16-14-11(2)15(18-10-17-14)20-8-7-12-5-6-13(9-20)19(12)3/h10,12-13H,4-9H2,1-3H3,(H,16,17,18). The highest BCUT2D eigenvalue weighted by Gasteiger charge is 2.35. The highest BCUT2D eigenvalue weighted by molar-refractivity contribution is 5.58. The maximum atomic E-state index is 4.55. The van der Waals surface area contributed by atoms with E-state index in [9.17, 15) is 0 Å². The molecule has 3 heterocycles. The number of hydrogen-bond donors (Lipinski definition) is 1. The smallest absolute Gasteiger partial charge is 0.137 e. The lowest BCUT2D eigenvalue weighted by Crippen LogP contribution is -2.37. The van der Waals surface area contributed by atoms with Crippen LogP contribution >= 0.6 is 0 Å². The van der Waals surface area contributed by atoms with Gasteiger partial charge < -0.3 is 10.2 Å². The van der Waals surface area contributed by atoms with Crippen molar-refractivity contribution in [2.75, 3.05) is 36.9 Å². The van der Waals surface area contributed by atoms with Crippen molar-refractivity contribution in [3.05, 3.63) is 11.9 Å². The van der Waals surface area contributed by atoms with E-state index < -0.39 is 0 Å². The first kappa shape index (κ1) is 13.6. The summed E-state index contributed by atoms with van der Waals surface area (Å²) in [7, 11) is 2.28. The summed E-state index contributed by atoms with van der Waals surface area (Å²) in [6.45, 7) is 7.32. The molecule has 0 radical (unpaired) electrons. The van der Waals surface area contributed by atoms with E-state index in [1.54, 1.807) is 6.33 Å². The first-order chi connectivity index (χ1) is 9.70. The van der Waals surface area contributed by atoms with E-state index in [0.29, 0.717) is 6.04 Å². The van der Waals surface area contributed by atoms with E-state index in [4.69, 9.17) is 0 Å². The number of hydrogen-bond acceptors (Lipinski definition) is 5. The molecule has 0 aliphatic carbocycles. The van der Waals surface area contributed by atoms with Crippen molar-refractivity contribution in [3.63, 3.8) is 0 Å². The molecule has 2 aliphatic heterocycles. The molecule has 0 aromatic carbocycles. The first-order valence-corrected chi connectivity index (χ1v) is 7.73. The van der Waals surface area contributed by atoms with Crippen LogP contribution in [0.2, 0.25) is 0 Å². The second-order valence-electron chi connectivity index (χ2n) is 5.99. The Morgan fingerprint density at radius 1 is 1.25 bits per heavy atom. The summed E-state index contributed by atoms with van der Waals surface area (Å²) in [5.74, 6) is 2.08. The molecular weight excluding hydrogens is 250 g/mol. The van der Waals surface area contributed by atoms with Gasteiger partial charge in [-0.05, 0) is 40.2 Å². The second kappa shape index (κ2) is 5.56. The predicted octanol–water partition coefficient (Wildman–Crippen LogP) is 1.89. The van der Waals surface area contributed by atoms with Crippen molar-refractivity contribution in [1.82, 2.24) is 14.9 Å². The zero-order chi connectivity index (χ0) is 14.1. The zero-order valence-corrected chi connectivity index (χ0v) is 12.8. The molecule has 0 saturated carbocycles. The fourth-order valence-corrected chi connectivity index (χ4v) is 3.61. The Morgan fingerprint density at radius 3 is 2.85 bits per heavy atom. The van der Waals surface area contributed by atoms with Crippen LogP contribution in [0.15, 0.2) is 6.33 Å². The fraction of sp³-hybridized carbons (Fsp3) is 0.733. The lowest BCUT2D eigenvalue weighted by atomic mass is 10.1. The van der Waals surface area contributed by atoms with E-state index in [1.807, 2.05) is 0 Å². The Kier molecular flexibility index (Phi) is 3.78. The average molecular weight is 275 g/mol. The molecule has 1 aromatic heterocycles. The minimum Gasteiger partial charge on any atom is -0.370 e. The quantitative estimate of drug-likeness (QED) is 0.912. The SMILES string of the molecule is CCNc1ncnc(N2CCC3CCC(C2)N3C)c1C. The van der Waals surface area contributed by atoms with Crippen molar-refractivity contribution in [2.24, 2.45) is 0 Å². The van der Waals surface area contributed by atoms with Crippen LogP contribution in [0.1, 0.15) is 31.7 Å². The van der Waals surface area contributed by atoms with Crippen molar-refractivity contribution in [1.29, 1.82) is 0 Å². The number of rotatable bonds is 3. The molecule has 2 saturated heterocycles. The minimum absolute atomic E-state index is 0.680. The third kappa shape index (κ3) is 2.35. The fourth-order valence-electron chi connectivity index (χ4n) is 3.61. The molecule has 2 bridgehead atoms. The van der Waals surface area contributed by atoms with E-state index in [2.05, 4.69) is 46.0 Å². The molecule has 0 amide bonds. The Morgan fingerprint density at radius 2 is 2.05 bits per heavy atom. The maximum absolute atomic E-state index is 4.55. The van der Waals surface area contributed by atoms with Crippen LogP contribution in [0.5, 0.6) is 0 Å². The second-order valence-corrected chi connectivity index (χ2v) is 5.99. The number of fused-ring (bicyclic) bond motifs is 2. The van der Waals surface area contributed by atoms with Gasteiger partial charge in [-0.15, -0.1) is 0 Å². The van der Waals surface area contributed by atoms with Crippen LogP contribution < -0.4 is 10.2 Å². The summed E-state index contributed by atoms with van der Waals surface area (Å²) in [6.07, 6.45) is 5.61. The normalized spacial score (nSPS) is 26.6. The van der Waals surface area contributed by atoms with Gasteiger partial charge in [0.2, 0.25) is 0 Å². The van der Waals surface area contributed by atoms with E-state index in [1.165, 1.54) is 24.8 Å². The Balaban J connectivity index is 1.84. The molecule has 110 valence electrons. The highest BCUT2D eigenvalue weighted by Crippen LogP contribution is 2.31. The van der Waals surface area contributed by atoms with Crippen LogP contribution in [0, 0.1) is 6.92 Å². The maximum Gasteiger partial charge on any atom is 0.137 e. The van der Waals surface area contributed by atoms with Gasteiger partial charge in [-0.2, -0.15) is 0 Å². The number of likely N-dealkylation sites (N-methyl/N-ethyl adjacent to an activating group) is 1. The van der Waals surface area contributed by atoms with Gasteiger partial charge >= 0.3 is 0 Å². The molecule has 5 heteroatoms. The van der Waals surface area contributed by atoms with Gasteiger partial charge in [0.25, 0.3) is 0 Å². The van der Waals surface area contributed by atoms with Crippen molar-refractivity contribution >= 4 is 11.6 Å². The van der Waals surface area contributed by atoms with Crippen LogP contribution in [0.25, 0.3) is 0 Å². The van der Waals surface area contributed by atoms with E-state index in [-0.39, 0.29) is 0 Å². The molecule has 2 atom stereocenters. The molecule has 0 spiro atoms. The van der Waals surface area contributed by atoms with Gasteiger partial charge in [-0.1, -0.05) is 0 Å². The van der Waals surface area contributed by atoms with Crippen molar-refractivity contribution in [3.8, 4) is 0 Å².